The molecule has 29 heavy (non-hydrogen) atoms. The third kappa shape index (κ3) is 3.10. The number of anilines is 3. The Morgan fingerprint density at radius 3 is 2.66 bits per heavy atom. The van der Waals surface area contributed by atoms with Gasteiger partial charge < -0.3 is 0 Å². The number of halogens is 2. The summed E-state index contributed by atoms with van der Waals surface area (Å²) in [6.07, 6.45) is 1.92. The summed E-state index contributed by atoms with van der Waals surface area (Å²) in [6.45, 7) is 0. The fourth-order valence-corrected chi connectivity index (χ4v) is 4.27. The summed E-state index contributed by atoms with van der Waals surface area (Å²) in [4.78, 5) is 16.9. The highest BCUT2D eigenvalue weighted by Gasteiger charge is 2.32. The SMILES string of the molecule is O=[N+]([O-])c1ccc(N(c2nc(Cl)cs2)c2ccc(F)cc2C2CC2)c2nonc12. The maximum atomic E-state index is 14.0. The lowest BCUT2D eigenvalue weighted by Gasteiger charge is -2.25. The number of fused-ring (bicyclic) bond motifs is 1. The summed E-state index contributed by atoms with van der Waals surface area (Å²) in [5.41, 5.74) is 2.03. The summed E-state index contributed by atoms with van der Waals surface area (Å²) in [5, 5.41) is 21.4. The van der Waals surface area contributed by atoms with Crippen molar-refractivity contribution >= 4 is 56.2 Å². The van der Waals surface area contributed by atoms with E-state index in [0.29, 0.717) is 21.7 Å². The number of aromatic nitrogens is 3. The molecule has 4 aromatic rings. The number of nitro benzene ring substituents is 1. The Morgan fingerprint density at radius 2 is 1.97 bits per heavy atom. The van der Waals surface area contributed by atoms with Crippen LogP contribution in [0.25, 0.3) is 11.0 Å². The van der Waals surface area contributed by atoms with Crippen LogP contribution in [-0.2, 0) is 0 Å². The second-order valence-electron chi connectivity index (χ2n) is 6.59. The van der Waals surface area contributed by atoms with Crippen molar-refractivity contribution in [3.8, 4) is 0 Å². The highest BCUT2D eigenvalue weighted by atomic mass is 35.5. The lowest BCUT2D eigenvalue weighted by molar-refractivity contribution is -0.383. The van der Waals surface area contributed by atoms with Crippen molar-refractivity contribution in [3.63, 3.8) is 0 Å². The van der Waals surface area contributed by atoms with Crippen molar-refractivity contribution in [2.24, 2.45) is 0 Å². The molecule has 0 N–H and O–H groups in total. The standard InChI is InChI=1S/C18H11ClFN5O3S/c19-15-8-29-18(21-15)24(12-4-3-10(20)7-11(12)9-1-2-9)13-5-6-14(25(26)27)17-16(13)22-28-23-17/h3-9H,1-2H2. The smallest absolute Gasteiger partial charge is 0.284 e. The van der Waals surface area contributed by atoms with E-state index in [-0.39, 0.29) is 28.5 Å². The van der Waals surface area contributed by atoms with Crippen molar-refractivity contribution in [2.45, 2.75) is 18.8 Å². The normalized spacial score (nSPS) is 13.7. The van der Waals surface area contributed by atoms with Gasteiger partial charge in [-0.1, -0.05) is 11.6 Å². The van der Waals surface area contributed by atoms with Crippen molar-refractivity contribution in [2.75, 3.05) is 4.90 Å². The number of rotatable bonds is 5. The van der Waals surface area contributed by atoms with Gasteiger partial charge in [0.05, 0.1) is 16.3 Å². The number of non-ortho nitro benzene ring substituents is 1. The average Bonchev–Trinajstić information content (AvgIpc) is 3.27. The van der Waals surface area contributed by atoms with Gasteiger partial charge in [0.15, 0.2) is 10.6 Å². The molecule has 0 radical (unpaired) electrons. The van der Waals surface area contributed by atoms with Crippen LogP contribution in [0.15, 0.2) is 40.3 Å². The molecule has 1 saturated carbocycles. The van der Waals surface area contributed by atoms with Gasteiger partial charge in [-0.15, -0.1) is 11.3 Å². The minimum Gasteiger partial charge on any atom is -0.284 e. The highest BCUT2D eigenvalue weighted by Crippen LogP contribution is 2.49. The second kappa shape index (κ2) is 6.75. The van der Waals surface area contributed by atoms with Crippen LogP contribution < -0.4 is 4.90 Å². The first-order valence-corrected chi connectivity index (χ1v) is 9.89. The van der Waals surface area contributed by atoms with Crippen LogP contribution in [0.1, 0.15) is 24.3 Å². The van der Waals surface area contributed by atoms with Gasteiger partial charge in [0.1, 0.15) is 11.0 Å². The van der Waals surface area contributed by atoms with Gasteiger partial charge in [-0.25, -0.2) is 14.0 Å². The van der Waals surface area contributed by atoms with Gasteiger partial charge in [-0.2, -0.15) is 0 Å². The predicted octanol–water partition coefficient (Wildman–Crippen LogP) is 5.73. The van der Waals surface area contributed by atoms with Crippen molar-refractivity contribution in [1.29, 1.82) is 0 Å². The summed E-state index contributed by atoms with van der Waals surface area (Å²) in [5.74, 6) is -0.0904. The first kappa shape index (κ1) is 18.0. The average molecular weight is 432 g/mol. The maximum Gasteiger partial charge on any atom is 0.300 e. The first-order valence-electron chi connectivity index (χ1n) is 8.63. The largest absolute Gasteiger partial charge is 0.300 e. The number of benzene rings is 2. The van der Waals surface area contributed by atoms with E-state index < -0.39 is 4.92 Å². The van der Waals surface area contributed by atoms with E-state index in [0.717, 1.165) is 18.4 Å². The number of nitrogens with zero attached hydrogens (tertiary/aromatic N) is 5. The zero-order valence-corrected chi connectivity index (χ0v) is 16.2. The van der Waals surface area contributed by atoms with Gasteiger partial charge in [0.25, 0.3) is 0 Å². The summed E-state index contributed by atoms with van der Waals surface area (Å²) in [6, 6.07) is 7.44. The summed E-state index contributed by atoms with van der Waals surface area (Å²) >= 11 is 7.35. The molecule has 11 heteroatoms. The van der Waals surface area contributed by atoms with Crippen LogP contribution in [0.4, 0.5) is 26.6 Å². The van der Waals surface area contributed by atoms with Crippen LogP contribution >= 0.6 is 22.9 Å². The quantitative estimate of drug-likeness (QED) is 0.294. The zero-order chi connectivity index (χ0) is 20.1. The predicted molar refractivity (Wildman–Crippen MR) is 106 cm³/mol. The van der Waals surface area contributed by atoms with Gasteiger partial charge in [-0.05, 0) is 58.9 Å². The van der Waals surface area contributed by atoms with Crippen LogP contribution in [0.2, 0.25) is 5.15 Å². The summed E-state index contributed by atoms with van der Waals surface area (Å²) in [7, 11) is 0. The zero-order valence-electron chi connectivity index (χ0n) is 14.6. The molecule has 2 heterocycles. The van der Waals surface area contributed by atoms with E-state index in [4.69, 9.17) is 16.2 Å². The van der Waals surface area contributed by atoms with E-state index in [1.54, 1.807) is 22.4 Å². The molecule has 5 rings (SSSR count). The molecule has 2 aromatic carbocycles. The molecule has 2 aromatic heterocycles. The molecule has 0 atom stereocenters. The number of hydrogen-bond acceptors (Lipinski definition) is 8. The van der Waals surface area contributed by atoms with Crippen LogP contribution in [0.3, 0.4) is 0 Å². The number of hydrogen-bond donors (Lipinski definition) is 0. The van der Waals surface area contributed by atoms with Gasteiger partial charge in [-0.3, -0.25) is 15.0 Å². The van der Waals surface area contributed by atoms with Crippen LogP contribution in [0.5, 0.6) is 0 Å². The second-order valence-corrected chi connectivity index (χ2v) is 7.81. The Balaban J connectivity index is 1.78. The fourth-order valence-electron chi connectivity index (χ4n) is 3.30. The van der Waals surface area contributed by atoms with Crippen molar-refractivity contribution in [1.82, 2.24) is 15.3 Å². The lowest BCUT2D eigenvalue weighted by atomic mass is 10.1. The summed E-state index contributed by atoms with van der Waals surface area (Å²) < 4.78 is 18.8. The molecule has 1 fully saturated rings. The molecular formula is C18H11ClFN5O3S. The van der Waals surface area contributed by atoms with E-state index >= 15 is 0 Å². The molecule has 1 aliphatic carbocycles. The van der Waals surface area contributed by atoms with E-state index in [1.807, 2.05) is 0 Å². The molecule has 0 aliphatic heterocycles. The van der Waals surface area contributed by atoms with E-state index in [1.165, 1.54) is 29.5 Å². The van der Waals surface area contributed by atoms with Gasteiger partial charge in [0, 0.05) is 11.4 Å². The minimum absolute atomic E-state index is 0.0234. The molecule has 1 aliphatic rings. The third-order valence-electron chi connectivity index (χ3n) is 4.71. The molecule has 8 nitrogen and oxygen atoms in total. The molecular weight excluding hydrogens is 421 g/mol. The Hall–Kier alpha value is -3.11. The van der Waals surface area contributed by atoms with Gasteiger partial charge in [0.2, 0.25) is 5.52 Å². The van der Waals surface area contributed by atoms with Crippen molar-refractivity contribution in [3.05, 3.63) is 62.4 Å². The molecule has 0 spiro atoms. The lowest BCUT2D eigenvalue weighted by Crippen LogP contribution is -2.13. The molecule has 0 saturated heterocycles. The molecule has 0 amide bonds. The van der Waals surface area contributed by atoms with Crippen molar-refractivity contribution < 1.29 is 13.9 Å². The molecule has 0 unspecified atom stereocenters. The van der Waals surface area contributed by atoms with Crippen LogP contribution in [-0.4, -0.2) is 20.2 Å². The molecule has 0 bridgehead atoms. The number of nitro groups is 1. The van der Waals surface area contributed by atoms with Gasteiger partial charge >= 0.3 is 5.69 Å². The molecule has 146 valence electrons. The van der Waals surface area contributed by atoms with E-state index in [9.17, 15) is 14.5 Å². The van der Waals surface area contributed by atoms with Crippen LogP contribution in [0, 0.1) is 15.9 Å². The number of thiazole rings is 1. The highest BCUT2D eigenvalue weighted by molar-refractivity contribution is 7.14. The third-order valence-corrected chi connectivity index (χ3v) is 5.86. The topological polar surface area (TPSA) is 98.2 Å². The Kier molecular flexibility index (Phi) is 4.18. The minimum atomic E-state index is -0.547. The van der Waals surface area contributed by atoms with E-state index in [2.05, 4.69) is 15.3 Å². The monoisotopic (exact) mass is 431 g/mol. The Morgan fingerprint density at radius 1 is 1.21 bits per heavy atom. The maximum absolute atomic E-state index is 14.0. The first-order chi connectivity index (χ1) is 14.0. The Labute approximate surface area is 171 Å². The Bertz CT molecular complexity index is 1260. The fraction of sp³-hybridized carbons (Fsp3) is 0.167.